The second kappa shape index (κ2) is 5.16. The zero-order chi connectivity index (χ0) is 13.4. The van der Waals surface area contributed by atoms with Gasteiger partial charge in [0.1, 0.15) is 5.75 Å². The first-order chi connectivity index (χ1) is 9.13. The van der Waals surface area contributed by atoms with Crippen LogP contribution in [0.5, 0.6) is 5.75 Å². The topological polar surface area (TPSA) is 32.3 Å². The lowest BCUT2D eigenvalue weighted by molar-refractivity contribution is 0.215. The second-order valence-corrected chi connectivity index (χ2v) is 6.61. The minimum atomic E-state index is 0.402. The summed E-state index contributed by atoms with van der Waals surface area (Å²) in [5.41, 5.74) is 2.74. The van der Waals surface area contributed by atoms with Gasteiger partial charge in [-0.3, -0.25) is 0 Å². The number of phenols is 1. The van der Waals surface area contributed by atoms with Gasteiger partial charge in [-0.2, -0.15) is 0 Å². The van der Waals surface area contributed by atoms with E-state index in [0.717, 1.165) is 18.3 Å². The van der Waals surface area contributed by atoms with E-state index in [1.165, 1.54) is 36.8 Å². The number of fused-ring (bicyclic) bond motifs is 1. The minimum absolute atomic E-state index is 0.402. The van der Waals surface area contributed by atoms with E-state index in [0.29, 0.717) is 17.8 Å². The summed E-state index contributed by atoms with van der Waals surface area (Å²) in [6, 6.07) is 7.04. The summed E-state index contributed by atoms with van der Waals surface area (Å²) in [4.78, 5) is 0. The fourth-order valence-corrected chi connectivity index (χ4v) is 3.76. The molecule has 1 fully saturated rings. The van der Waals surface area contributed by atoms with E-state index in [1.807, 2.05) is 12.1 Å². The quantitative estimate of drug-likeness (QED) is 0.847. The molecular formula is C17H25NO. The van der Waals surface area contributed by atoms with E-state index in [2.05, 4.69) is 25.2 Å². The van der Waals surface area contributed by atoms with Crippen LogP contribution in [0.3, 0.4) is 0 Å². The Morgan fingerprint density at radius 2 is 1.95 bits per heavy atom. The molecule has 1 saturated carbocycles. The number of benzene rings is 1. The van der Waals surface area contributed by atoms with E-state index < -0.39 is 0 Å². The number of hydrogen-bond donors (Lipinski definition) is 2. The molecule has 2 aliphatic rings. The molecule has 104 valence electrons. The maximum Gasteiger partial charge on any atom is 0.115 e. The molecule has 2 N–H and O–H groups in total. The number of aryl methyl sites for hydroxylation is 1. The van der Waals surface area contributed by atoms with Crippen molar-refractivity contribution in [2.24, 2.45) is 11.8 Å². The largest absolute Gasteiger partial charge is 0.508 e. The van der Waals surface area contributed by atoms with Crippen molar-refractivity contribution >= 4 is 0 Å². The van der Waals surface area contributed by atoms with Gasteiger partial charge in [0.2, 0.25) is 0 Å². The highest BCUT2D eigenvalue weighted by molar-refractivity contribution is 5.40. The van der Waals surface area contributed by atoms with Gasteiger partial charge in [0.15, 0.2) is 0 Å². The lowest BCUT2D eigenvalue weighted by Gasteiger charge is -2.34. The molecule has 0 amide bonds. The van der Waals surface area contributed by atoms with E-state index in [4.69, 9.17) is 0 Å². The standard InChI is InChI=1S/C17H25NO/c1-11-3-5-14(9-12(11)2)18-17-8-4-13-10-15(19)6-7-16(13)17/h6-7,10-12,14,17-19H,3-5,8-9H2,1-2H3. The summed E-state index contributed by atoms with van der Waals surface area (Å²) < 4.78 is 0. The third-order valence-corrected chi connectivity index (χ3v) is 5.24. The molecule has 2 nitrogen and oxygen atoms in total. The van der Waals surface area contributed by atoms with Gasteiger partial charge in [0.05, 0.1) is 0 Å². The van der Waals surface area contributed by atoms with Crippen molar-refractivity contribution in [2.45, 2.75) is 58.0 Å². The molecule has 19 heavy (non-hydrogen) atoms. The fourth-order valence-electron chi connectivity index (χ4n) is 3.76. The molecule has 1 aromatic rings. The highest BCUT2D eigenvalue weighted by Gasteiger charge is 2.29. The summed E-state index contributed by atoms with van der Waals surface area (Å²) in [6.45, 7) is 4.77. The molecule has 0 saturated heterocycles. The Bertz CT molecular complexity index is 457. The van der Waals surface area contributed by atoms with E-state index >= 15 is 0 Å². The third-order valence-electron chi connectivity index (χ3n) is 5.24. The van der Waals surface area contributed by atoms with Gasteiger partial charge in [-0.15, -0.1) is 0 Å². The first-order valence-electron chi connectivity index (χ1n) is 7.71. The lowest BCUT2D eigenvalue weighted by Crippen LogP contribution is -2.37. The van der Waals surface area contributed by atoms with Crippen molar-refractivity contribution in [3.05, 3.63) is 29.3 Å². The normalized spacial score (nSPS) is 34.2. The van der Waals surface area contributed by atoms with Gasteiger partial charge in [-0.25, -0.2) is 0 Å². The average molecular weight is 259 g/mol. The zero-order valence-electron chi connectivity index (χ0n) is 12.0. The highest BCUT2D eigenvalue weighted by Crippen LogP contribution is 2.36. The summed E-state index contributed by atoms with van der Waals surface area (Å²) in [5, 5.41) is 13.4. The van der Waals surface area contributed by atoms with Crippen LogP contribution in [0.1, 0.15) is 56.7 Å². The number of phenolic OH excluding ortho intramolecular Hbond substituents is 1. The van der Waals surface area contributed by atoms with Crippen molar-refractivity contribution in [3.8, 4) is 5.75 Å². The number of nitrogens with one attached hydrogen (secondary N) is 1. The lowest BCUT2D eigenvalue weighted by atomic mass is 9.79. The highest BCUT2D eigenvalue weighted by atomic mass is 16.3. The minimum Gasteiger partial charge on any atom is -0.508 e. The molecule has 0 heterocycles. The van der Waals surface area contributed by atoms with Crippen LogP contribution in [-0.2, 0) is 6.42 Å². The molecule has 3 rings (SSSR count). The fraction of sp³-hybridized carbons (Fsp3) is 0.647. The molecule has 0 spiro atoms. The summed E-state index contributed by atoms with van der Waals surface area (Å²) in [7, 11) is 0. The van der Waals surface area contributed by atoms with Crippen LogP contribution in [0.25, 0.3) is 0 Å². The maximum absolute atomic E-state index is 9.55. The Morgan fingerprint density at radius 3 is 2.74 bits per heavy atom. The van der Waals surface area contributed by atoms with Crippen LogP contribution in [0.4, 0.5) is 0 Å². The van der Waals surface area contributed by atoms with Gasteiger partial charge in [0, 0.05) is 12.1 Å². The molecule has 0 aliphatic heterocycles. The molecule has 2 aliphatic carbocycles. The Kier molecular flexibility index (Phi) is 3.53. The van der Waals surface area contributed by atoms with Gasteiger partial charge in [-0.1, -0.05) is 19.9 Å². The van der Waals surface area contributed by atoms with Crippen LogP contribution in [0.15, 0.2) is 18.2 Å². The van der Waals surface area contributed by atoms with E-state index in [-0.39, 0.29) is 0 Å². The monoisotopic (exact) mass is 259 g/mol. The Morgan fingerprint density at radius 1 is 1.11 bits per heavy atom. The van der Waals surface area contributed by atoms with Crippen molar-refractivity contribution in [2.75, 3.05) is 0 Å². The molecule has 2 heteroatoms. The Hall–Kier alpha value is -1.02. The first kappa shape index (κ1) is 13.0. The van der Waals surface area contributed by atoms with Crippen LogP contribution in [0, 0.1) is 11.8 Å². The van der Waals surface area contributed by atoms with Crippen LogP contribution in [0.2, 0.25) is 0 Å². The SMILES string of the molecule is CC1CCC(NC2CCc3cc(O)ccc32)CC1C. The van der Waals surface area contributed by atoms with Crippen molar-refractivity contribution in [1.29, 1.82) is 0 Å². The Labute approximate surface area is 116 Å². The molecule has 1 aromatic carbocycles. The maximum atomic E-state index is 9.55. The van der Waals surface area contributed by atoms with Crippen LogP contribution < -0.4 is 5.32 Å². The van der Waals surface area contributed by atoms with Crippen molar-refractivity contribution in [1.82, 2.24) is 5.32 Å². The first-order valence-corrected chi connectivity index (χ1v) is 7.71. The molecule has 4 unspecified atom stereocenters. The number of hydrogen-bond acceptors (Lipinski definition) is 2. The Balaban J connectivity index is 1.66. The number of aromatic hydroxyl groups is 1. The van der Waals surface area contributed by atoms with Crippen LogP contribution >= 0.6 is 0 Å². The molecule has 4 atom stereocenters. The summed E-state index contributed by atoms with van der Waals surface area (Å²) in [6.07, 6.45) is 6.26. The average Bonchev–Trinajstić information content (AvgIpc) is 2.76. The van der Waals surface area contributed by atoms with Gasteiger partial charge in [0.25, 0.3) is 0 Å². The predicted molar refractivity (Wildman–Crippen MR) is 78.3 cm³/mol. The molecule has 0 radical (unpaired) electrons. The predicted octanol–water partition coefficient (Wildman–Crippen LogP) is 3.79. The van der Waals surface area contributed by atoms with Crippen LogP contribution in [-0.4, -0.2) is 11.1 Å². The van der Waals surface area contributed by atoms with Gasteiger partial charge < -0.3 is 10.4 Å². The zero-order valence-corrected chi connectivity index (χ0v) is 12.0. The van der Waals surface area contributed by atoms with Crippen molar-refractivity contribution < 1.29 is 5.11 Å². The van der Waals surface area contributed by atoms with Gasteiger partial charge >= 0.3 is 0 Å². The number of rotatable bonds is 2. The molecule has 0 aromatic heterocycles. The van der Waals surface area contributed by atoms with Crippen molar-refractivity contribution in [3.63, 3.8) is 0 Å². The summed E-state index contributed by atoms with van der Waals surface area (Å²) >= 11 is 0. The smallest absolute Gasteiger partial charge is 0.115 e. The van der Waals surface area contributed by atoms with E-state index in [1.54, 1.807) is 0 Å². The summed E-state index contributed by atoms with van der Waals surface area (Å²) in [5.74, 6) is 2.12. The van der Waals surface area contributed by atoms with Gasteiger partial charge in [-0.05, 0) is 67.2 Å². The third kappa shape index (κ3) is 2.64. The van der Waals surface area contributed by atoms with E-state index in [9.17, 15) is 5.11 Å². The molecule has 0 bridgehead atoms. The molecular weight excluding hydrogens is 234 g/mol. The second-order valence-electron chi connectivity index (χ2n) is 6.61.